The predicted octanol–water partition coefficient (Wildman–Crippen LogP) is 1.33. The van der Waals surface area contributed by atoms with Crippen LogP contribution in [0.15, 0.2) is 37.1 Å². The summed E-state index contributed by atoms with van der Waals surface area (Å²) < 4.78 is 11.8. The minimum absolute atomic E-state index is 0.162. The summed E-state index contributed by atoms with van der Waals surface area (Å²) in [6.45, 7) is 2.14. The van der Waals surface area contributed by atoms with Crippen LogP contribution in [0.2, 0.25) is 0 Å². The number of nitrogens with zero attached hydrogens (tertiary/aromatic N) is 5. The first-order chi connectivity index (χ1) is 11.4. The van der Waals surface area contributed by atoms with Gasteiger partial charge in [-0.3, -0.25) is 4.98 Å². The summed E-state index contributed by atoms with van der Waals surface area (Å²) in [7, 11) is 0. The van der Waals surface area contributed by atoms with Crippen molar-refractivity contribution in [2.24, 2.45) is 5.92 Å². The van der Waals surface area contributed by atoms with E-state index in [9.17, 15) is 0 Å². The highest BCUT2D eigenvalue weighted by Crippen LogP contribution is 2.36. The summed E-state index contributed by atoms with van der Waals surface area (Å²) >= 11 is 0. The fraction of sp³-hybridized carbons (Fsp3) is 0.500. The minimum atomic E-state index is 0.162. The Morgan fingerprint density at radius 1 is 1.13 bits per heavy atom. The zero-order chi connectivity index (χ0) is 15.5. The molecule has 0 radical (unpaired) electrons. The van der Waals surface area contributed by atoms with Gasteiger partial charge in [0, 0.05) is 37.3 Å². The highest BCUT2D eigenvalue weighted by Gasteiger charge is 2.43. The van der Waals surface area contributed by atoms with Crippen molar-refractivity contribution in [3.05, 3.63) is 37.1 Å². The molecule has 120 valence electrons. The van der Waals surface area contributed by atoms with E-state index in [0.717, 1.165) is 25.2 Å². The van der Waals surface area contributed by atoms with Gasteiger partial charge in [-0.25, -0.2) is 15.0 Å². The standard InChI is InChI=1S/C16H19N5O2/c1-4-19-16(20-5-1)23-11-12-2-3-13-15(12)22-9-8-21(13)14-10-17-6-7-18-14/h1,4-7,10,12-13,15H,2-3,8-9,11H2. The van der Waals surface area contributed by atoms with E-state index in [0.29, 0.717) is 31.2 Å². The number of hydrogen-bond acceptors (Lipinski definition) is 7. The van der Waals surface area contributed by atoms with Gasteiger partial charge in [-0.05, 0) is 18.9 Å². The van der Waals surface area contributed by atoms with Crippen LogP contribution >= 0.6 is 0 Å². The van der Waals surface area contributed by atoms with Crippen LogP contribution in [0.1, 0.15) is 12.8 Å². The highest BCUT2D eigenvalue weighted by molar-refractivity contribution is 5.38. The Labute approximate surface area is 134 Å². The molecule has 2 fully saturated rings. The zero-order valence-electron chi connectivity index (χ0n) is 12.8. The molecule has 1 saturated heterocycles. The summed E-state index contributed by atoms with van der Waals surface area (Å²) in [4.78, 5) is 19.1. The molecule has 3 atom stereocenters. The van der Waals surface area contributed by atoms with Gasteiger partial charge in [0.15, 0.2) is 0 Å². The van der Waals surface area contributed by atoms with Crippen LogP contribution in [0, 0.1) is 5.92 Å². The van der Waals surface area contributed by atoms with E-state index in [1.165, 1.54) is 0 Å². The molecule has 1 aliphatic carbocycles. The van der Waals surface area contributed by atoms with Crippen molar-refractivity contribution in [3.8, 4) is 6.01 Å². The first-order valence-electron chi connectivity index (χ1n) is 7.96. The molecule has 2 aliphatic rings. The van der Waals surface area contributed by atoms with Crippen molar-refractivity contribution >= 4 is 5.82 Å². The molecule has 7 nitrogen and oxygen atoms in total. The van der Waals surface area contributed by atoms with Crippen LogP contribution in [0.5, 0.6) is 6.01 Å². The molecule has 2 aromatic heterocycles. The molecule has 3 unspecified atom stereocenters. The summed E-state index contributed by atoms with van der Waals surface area (Å²) in [5.41, 5.74) is 0. The lowest BCUT2D eigenvalue weighted by Gasteiger charge is -2.39. The maximum atomic E-state index is 6.04. The Morgan fingerprint density at radius 3 is 2.87 bits per heavy atom. The topological polar surface area (TPSA) is 73.3 Å². The lowest BCUT2D eigenvalue weighted by molar-refractivity contribution is -0.0135. The highest BCUT2D eigenvalue weighted by atomic mass is 16.5. The molecule has 23 heavy (non-hydrogen) atoms. The fourth-order valence-electron chi connectivity index (χ4n) is 3.50. The second kappa shape index (κ2) is 6.45. The van der Waals surface area contributed by atoms with Gasteiger partial charge in [-0.1, -0.05) is 0 Å². The summed E-state index contributed by atoms with van der Waals surface area (Å²) in [5.74, 6) is 1.28. The average molecular weight is 313 g/mol. The lowest BCUT2D eigenvalue weighted by Crippen LogP contribution is -2.51. The normalized spacial score (nSPS) is 26.8. The number of fused-ring (bicyclic) bond motifs is 1. The first kappa shape index (κ1) is 14.3. The number of ether oxygens (including phenoxy) is 2. The van der Waals surface area contributed by atoms with Crippen LogP contribution in [-0.4, -0.2) is 51.8 Å². The van der Waals surface area contributed by atoms with Crippen molar-refractivity contribution in [2.45, 2.75) is 25.0 Å². The van der Waals surface area contributed by atoms with Crippen molar-refractivity contribution in [3.63, 3.8) is 0 Å². The first-order valence-corrected chi connectivity index (χ1v) is 7.96. The van der Waals surface area contributed by atoms with Gasteiger partial charge in [-0.2, -0.15) is 0 Å². The molecule has 1 aliphatic heterocycles. The van der Waals surface area contributed by atoms with Gasteiger partial charge in [0.05, 0.1) is 31.6 Å². The maximum Gasteiger partial charge on any atom is 0.316 e. The molecular weight excluding hydrogens is 294 g/mol. The number of aromatic nitrogens is 4. The maximum absolute atomic E-state index is 6.04. The quantitative estimate of drug-likeness (QED) is 0.843. The van der Waals surface area contributed by atoms with Crippen molar-refractivity contribution in [1.29, 1.82) is 0 Å². The smallest absolute Gasteiger partial charge is 0.316 e. The van der Waals surface area contributed by atoms with Crippen molar-refractivity contribution in [2.75, 3.05) is 24.7 Å². The largest absolute Gasteiger partial charge is 0.463 e. The number of rotatable bonds is 4. The number of anilines is 1. The van der Waals surface area contributed by atoms with Crippen LogP contribution in [0.4, 0.5) is 5.82 Å². The zero-order valence-corrected chi connectivity index (χ0v) is 12.8. The molecular formula is C16H19N5O2. The Morgan fingerprint density at radius 2 is 2.04 bits per heavy atom. The third-order valence-electron chi connectivity index (χ3n) is 4.53. The fourth-order valence-corrected chi connectivity index (χ4v) is 3.50. The van der Waals surface area contributed by atoms with E-state index in [2.05, 4.69) is 24.8 Å². The Balaban J connectivity index is 1.43. The second-order valence-corrected chi connectivity index (χ2v) is 5.84. The van der Waals surface area contributed by atoms with Crippen LogP contribution in [0.25, 0.3) is 0 Å². The van der Waals surface area contributed by atoms with Gasteiger partial charge in [0.25, 0.3) is 0 Å². The van der Waals surface area contributed by atoms with E-state index in [-0.39, 0.29) is 6.10 Å². The van der Waals surface area contributed by atoms with Crippen LogP contribution in [0.3, 0.4) is 0 Å². The van der Waals surface area contributed by atoms with E-state index < -0.39 is 0 Å². The molecule has 0 bridgehead atoms. The average Bonchev–Trinajstić information content (AvgIpc) is 3.05. The van der Waals surface area contributed by atoms with Gasteiger partial charge in [0.2, 0.25) is 0 Å². The Hall–Kier alpha value is -2.28. The van der Waals surface area contributed by atoms with Gasteiger partial charge in [-0.15, -0.1) is 0 Å². The lowest BCUT2D eigenvalue weighted by atomic mass is 10.0. The number of hydrogen-bond donors (Lipinski definition) is 0. The van der Waals surface area contributed by atoms with E-state index in [1.54, 1.807) is 30.9 Å². The molecule has 0 aromatic carbocycles. The molecule has 0 spiro atoms. The van der Waals surface area contributed by atoms with Crippen molar-refractivity contribution < 1.29 is 9.47 Å². The SMILES string of the molecule is c1cnc(OCC2CCC3C2OCCN3c2cnccn2)nc1. The van der Waals surface area contributed by atoms with E-state index in [4.69, 9.17) is 9.47 Å². The third-order valence-corrected chi connectivity index (χ3v) is 4.53. The summed E-state index contributed by atoms with van der Waals surface area (Å²) in [6, 6.07) is 2.55. The van der Waals surface area contributed by atoms with E-state index in [1.807, 2.05) is 6.20 Å². The predicted molar refractivity (Wildman–Crippen MR) is 83.2 cm³/mol. The van der Waals surface area contributed by atoms with Gasteiger partial charge >= 0.3 is 6.01 Å². The number of morpholine rings is 1. The van der Waals surface area contributed by atoms with E-state index >= 15 is 0 Å². The Kier molecular flexibility index (Phi) is 4.02. The van der Waals surface area contributed by atoms with Gasteiger partial charge in [0.1, 0.15) is 5.82 Å². The minimum Gasteiger partial charge on any atom is -0.463 e. The monoisotopic (exact) mass is 313 g/mol. The molecule has 2 aromatic rings. The van der Waals surface area contributed by atoms with Crippen LogP contribution < -0.4 is 9.64 Å². The molecule has 0 amide bonds. The third kappa shape index (κ3) is 2.96. The second-order valence-electron chi connectivity index (χ2n) is 5.84. The van der Waals surface area contributed by atoms with Crippen molar-refractivity contribution in [1.82, 2.24) is 19.9 Å². The molecule has 4 rings (SSSR count). The van der Waals surface area contributed by atoms with Crippen LogP contribution in [-0.2, 0) is 4.74 Å². The molecule has 7 heteroatoms. The molecule has 3 heterocycles. The summed E-state index contributed by atoms with van der Waals surface area (Å²) in [5, 5.41) is 0. The Bertz CT molecular complexity index is 627. The summed E-state index contributed by atoms with van der Waals surface area (Å²) in [6.07, 6.45) is 10.9. The molecule has 0 N–H and O–H groups in total. The van der Waals surface area contributed by atoms with Gasteiger partial charge < -0.3 is 14.4 Å². The molecule has 1 saturated carbocycles.